The van der Waals surface area contributed by atoms with E-state index in [-0.39, 0.29) is 24.9 Å². The van der Waals surface area contributed by atoms with E-state index in [0.717, 1.165) is 58.3 Å². The van der Waals surface area contributed by atoms with Crippen LogP contribution in [0, 0.1) is 5.92 Å². The van der Waals surface area contributed by atoms with Gasteiger partial charge in [0.25, 0.3) is 0 Å². The number of likely N-dealkylation sites (N-methyl/N-ethyl adjacent to an activating group) is 1. The number of likely N-dealkylation sites (tertiary alicyclic amines) is 2. The molecule has 1 aromatic carbocycles. The predicted octanol–water partition coefficient (Wildman–Crippen LogP) is 2.37. The van der Waals surface area contributed by atoms with Gasteiger partial charge >= 0.3 is 5.97 Å². The summed E-state index contributed by atoms with van der Waals surface area (Å²) >= 11 is 0. The molecular formula is C22H34ClN3O3. The number of carbonyl (C=O) groups excluding carboxylic acids is 1. The van der Waals surface area contributed by atoms with Gasteiger partial charge in [-0.25, -0.2) is 0 Å². The minimum absolute atomic E-state index is 0. The summed E-state index contributed by atoms with van der Waals surface area (Å²) in [6, 6.07) is 10.9. The van der Waals surface area contributed by atoms with E-state index in [1.54, 1.807) is 0 Å². The van der Waals surface area contributed by atoms with Gasteiger partial charge in [0.15, 0.2) is 0 Å². The van der Waals surface area contributed by atoms with Crippen LogP contribution in [0.1, 0.15) is 31.2 Å². The number of hydrogen-bond acceptors (Lipinski definition) is 4. The summed E-state index contributed by atoms with van der Waals surface area (Å²) in [4.78, 5) is 29.7. The molecule has 2 saturated heterocycles. The van der Waals surface area contributed by atoms with Crippen molar-refractivity contribution in [2.75, 3.05) is 46.3 Å². The highest BCUT2D eigenvalue weighted by molar-refractivity contribution is 5.85. The number of amides is 1. The maximum absolute atomic E-state index is 12.7. The SMILES string of the molecule is CN(CC(=O)O)C1CCN(CC(=O)N2CCC(Cc3ccccc3)CC2)CC1.Cl. The molecular weight excluding hydrogens is 390 g/mol. The van der Waals surface area contributed by atoms with Gasteiger partial charge in [-0.1, -0.05) is 30.3 Å². The van der Waals surface area contributed by atoms with Crippen molar-refractivity contribution in [2.24, 2.45) is 5.92 Å². The zero-order chi connectivity index (χ0) is 19.9. The Bertz CT molecular complexity index is 642. The summed E-state index contributed by atoms with van der Waals surface area (Å²) in [5, 5.41) is 8.93. The van der Waals surface area contributed by atoms with E-state index in [0.29, 0.717) is 18.5 Å². The predicted molar refractivity (Wildman–Crippen MR) is 116 cm³/mol. The molecule has 3 rings (SSSR count). The lowest BCUT2D eigenvalue weighted by molar-refractivity contribution is -0.138. The second kappa shape index (κ2) is 11.5. The van der Waals surface area contributed by atoms with E-state index in [4.69, 9.17) is 5.11 Å². The van der Waals surface area contributed by atoms with Crippen LogP contribution in [0.4, 0.5) is 0 Å². The quantitative estimate of drug-likeness (QED) is 0.729. The maximum atomic E-state index is 12.7. The molecule has 162 valence electrons. The van der Waals surface area contributed by atoms with Gasteiger partial charge < -0.3 is 10.0 Å². The number of carbonyl (C=O) groups is 2. The van der Waals surface area contributed by atoms with Gasteiger partial charge in [-0.05, 0) is 50.6 Å². The first-order chi connectivity index (χ1) is 13.5. The van der Waals surface area contributed by atoms with Crippen molar-refractivity contribution in [3.8, 4) is 0 Å². The minimum atomic E-state index is -0.782. The molecule has 0 unspecified atom stereocenters. The van der Waals surface area contributed by atoms with Gasteiger partial charge in [-0.2, -0.15) is 0 Å². The Balaban J connectivity index is 0.00000300. The molecule has 0 spiro atoms. The van der Waals surface area contributed by atoms with Crippen LogP contribution in [0.3, 0.4) is 0 Å². The van der Waals surface area contributed by atoms with E-state index < -0.39 is 5.97 Å². The third kappa shape index (κ3) is 7.28. The fraction of sp³-hybridized carbons (Fsp3) is 0.636. The van der Waals surface area contributed by atoms with Crippen molar-refractivity contribution in [2.45, 2.75) is 38.1 Å². The Morgan fingerprint density at radius 2 is 1.66 bits per heavy atom. The topological polar surface area (TPSA) is 64.1 Å². The smallest absolute Gasteiger partial charge is 0.317 e. The molecule has 0 bridgehead atoms. The molecule has 0 saturated carbocycles. The standard InChI is InChI=1S/C22H33N3O3.ClH/c1-23(17-22(27)28)20-9-11-24(12-10-20)16-21(26)25-13-7-19(8-14-25)15-18-5-3-2-4-6-18;/h2-6,19-20H,7-17H2,1H3,(H,27,28);1H. The number of aliphatic carboxylic acids is 1. The van der Waals surface area contributed by atoms with Crippen LogP contribution in [0.2, 0.25) is 0 Å². The van der Waals surface area contributed by atoms with Crippen molar-refractivity contribution >= 4 is 24.3 Å². The second-order valence-electron chi connectivity index (χ2n) is 8.33. The molecule has 0 aliphatic carbocycles. The van der Waals surface area contributed by atoms with Crippen molar-refractivity contribution in [1.29, 1.82) is 0 Å². The first kappa shape index (κ1) is 23.6. The Kier molecular flexibility index (Phi) is 9.40. The molecule has 2 aliphatic rings. The van der Waals surface area contributed by atoms with Crippen molar-refractivity contribution in [3.63, 3.8) is 0 Å². The van der Waals surface area contributed by atoms with Crippen molar-refractivity contribution in [1.82, 2.24) is 14.7 Å². The molecule has 6 nitrogen and oxygen atoms in total. The Hall–Kier alpha value is -1.63. The number of carboxylic acids is 1. The Labute approximate surface area is 180 Å². The summed E-state index contributed by atoms with van der Waals surface area (Å²) in [5.74, 6) is 0.137. The van der Waals surface area contributed by atoms with Gasteiger partial charge in [0.05, 0.1) is 13.1 Å². The van der Waals surface area contributed by atoms with Crippen LogP contribution in [-0.2, 0) is 16.0 Å². The highest BCUT2D eigenvalue weighted by Crippen LogP contribution is 2.22. The highest BCUT2D eigenvalue weighted by atomic mass is 35.5. The second-order valence-corrected chi connectivity index (χ2v) is 8.33. The Morgan fingerprint density at radius 1 is 1.03 bits per heavy atom. The molecule has 2 heterocycles. The number of nitrogens with zero attached hydrogens (tertiary/aromatic N) is 3. The van der Waals surface area contributed by atoms with Crippen LogP contribution in [-0.4, -0.2) is 84.0 Å². The lowest BCUT2D eigenvalue weighted by Crippen LogP contribution is -2.49. The third-order valence-corrected chi connectivity index (χ3v) is 6.26. The van der Waals surface area contributed by atoms with Gasteiger partial charge in [-0.3, -0.25) is 19.4 Å². The number of hydrogen-bond donors (Lipinski definition) is 1. The van der Waals surface area contributed by atoms with Crippen LogP contribution in [0.15, 0.2) is 30.3 Å². The first-order valence-electron chi connectivity index (χ1n) is 10.5. The zero-order valence-electron chi connectivity index (χ0n) is 17.3. The average Bonchev–Trinajstić information content (AvgIpc) is 2.69. The Morgan fingerprint density at radius 3 is 2.24 bits per heavy atom. The molecule has 1 amide bonds. The van der Waals surface area contributed by atoms with Gasteiger partial charge in [0.1, 0.15) is 0 Å². The fourth-order valence-corrected chi connectivity index (χ4v) is 4.49. The van der Waals surface area contributed by atoms with E-state index in [1.165, 1.54) is 5.56 Å². The van der Waals surface area contributed by atoms with Gasteiger partial charge in [0, 0.05) is 32.2 Å². The monoisotopic (exact) mass is 423 g/mol. The summed E-state index contributed by atoms with van der Waals surface area (Å²) in [5.41, 5.74) is 1.39. The lowest BCUT2D eigenvalue weighted by atomic mass is 9.90. The molecule has 1 aromatic rings. The largest absolute Gasteiger partial charge is 0.480 e. The number of rotatable bonds is 7. The average molecular weight is 424 g/mol. The summed E-state index contributed by atoms with van der Waals surface area (Å²) < 4.78 is 0. The number of carboxylic acid groups (broad SMARTS) is 1. The van der Waals surface area contributed by atoms with Gasteiger partial charge in [-0.15, -0.1) is 12.4 Å². The van der Waals surface area contributed by atoms with E-state index in [1.807, 2.05) is 16.8 Å². The van der Waals surface area contributed by atoms with Crippen LogP contribution in [0.25, 0.3) is 0 Å². The van der Waals surface area contributed by atoms with E-state index in [9.17, 15) is 9.59 Å². The molecule has 7 heteroatoms. The van der Waals surface area contributed by atoms with E-state index >= 15 is 0 Å². The third-order valence-electron chi connectivity index (χ3n) is 6.26. The summed E-state index contributed by atoms with van der Waals surface area (Å²) in [6.45, 7) is 4.05. The molecule has 29 heavy (non-hydrogen) atoms. The van der Waals surface area contributed by atoms with Crippen LogP contribution < -0.4 is 0 Å². The summed E-state index contributed by atoms with van der Waals surface area (Å²) in [7, 11) is 1.87. The lowest BCUT2D eigenvalue weighted by Gasteiger charge is -2.37. The number of halogens is 1. The van der Waals surface area contributed by atoms with Crippen LogP contribution in [0.5, 0.6) is 0 Å². The zero-order valence-corrected chi connectivity index (χ0v) is 18.1. The summed E-state index contributed by atoms with van der Waals surface area (Å²) in [6.07, 6.45) is 5.14. The van der Waals surface area contributed by atoms with E-state index in [2.05, 4.69) is 35.2 Å². The fourth-order valence-electron chi connectivity index (χ4n) is 4.49. The minimum Gasteiger partial charge on any atom is -0.480 e. The molecule has 0 aromatic heterocycles. The molecule has 0 atom stereocenters. The number of benzene rings is 1. The number of piperidine rings is 2. The normalized spacial score (nSPS) is 19.2. The first-order valence-corrected chi connectivity index (χ1v) is 10.5. The molecule has 2 aliphatic heterocycles. The maximum Gasteiger partial charge on any atom is 0.317 e. The van der Waals surface area contributed by atoms with Crippen molar-refractivity contribution in [3.05, 3.63) is 35.9 Å². The molecule has 0 radical (unpaired) electrons. The van der Waals surface area contributed by atoms with Crippen molar-refractivity contribution < 1.29 is 14.7 Å². The highest BCUT2D eigenvalue weighted by Gasteiger charge is 2.27. The van der Waals surface area contributed by atoms with Crippen LogP contribution >= 0.6 is 12.4 Å². The molecule has 1 N–H and O–H groups in total. The molecule has 2 fully saturated rings. The van der Waals surface area contributed by atoms with Gasteiger partial charge in [0.2, 0.25) is 5.91 Å².